The van der Waals surface area contributed by atoms with E-state index in [1.165, 1.54) is 0 Å². The molecule has 1 N–H and O–H groups in total. The van der Waals surface area contributed by atoms with E-state index in [0.29, 0.717) is 36.8 Å². The first-order chi connectivity index (χ1) is 14.0. The number of nitrogens with zero attached hydrogens (tertiary/aromatic N) is 1. The molecule has 1 aliphatic rings. The van der Waals surface area contributed by atoms with Gasteiger partial charge in [0.1, 0.15) is 5.69 Å². The fourth-order valence-corrected chi connectivity index (χ4v) is 5.44. The van der Waals surface area contributed by atoms with Gasteiger partial charge in [0.25, 0.3) is 5.91 Å². The van der Waals surface area contributed by atoms with Crippen molar-refractivity contribution in [1.29, 1.82) is 0 Å². The van der Waals surface area contributed by atoms with Crippen LogP contribution in [0.5, 0.6) is 0 Å². The number of carbonyl (C=O) groups is 1. The molecule has 0 aliphatic heterocycles. The molecule has 1 aromatic carbocycles. The van der Waals surface area contributed by atoms with Crippen LogP contribution in [-0.2, 0) is 16.0 Å². The van der Waals surface area contributed by atoms with Crippen molar-refractivity contribution < 1.29 is 26.4 Å². The van der Waals surface area contributed by atoms with Crippen LogP contribution < -0.4 is 5.32 Å². The van der Waals surface area contributed by atoms with Crippen LogP contribution in [0, 0.1) is 12.8 Å². The number of benzene rings is 1. The third kappa shape index (κ3) is 5.59. The number of aryl methyl sites for hydroxylation is 1. The topological polar surface area (TPSA) is 76.1 Å². The minimum atomic E-state index is -4.50. The van der Waals surface area contributed by atoms with Gasteiger partial charge in [0.15, 0.2) is 9.84 Å². The average molecular weight is 440 g/mol. The summed E-state index contributed by atoms with van der Waals surface area (Å²) < 4.78 is 63.1. The van der Waals surface area contributed by atoms with Gasteiger partial charge in [-0.1, -0.05) is 12.1 Å². The van der Waals surface area contributed by atoms with Crippen LogP contribution in [-0.4, -0.2) is 31.1 Å². The van der Waals surface area contributed by atoms with Gasteiger partial charge in [-0.15, -0.1) is 0 Å². The number of pyridine rings is 1. The smallest absolute Gasteiger partial charge is 0.348 e. The maximum Gasteiger partial charge on any atom is 0.417 e. The number of amides is 1. The van der Waals surface area contributed by atoms with Crippen LogP contribution in [0.25, 0.3) is 0 Å². The van der Waals surface area contributed by atoms with Gasteiger partial charge in [0, 0.05) is 12.2 Å². The molecule has 5 nitrogen and oxygen atoms in total. The maximum absolute atomic E-state index is 12.6. The molecule has 162 valence electrons. The van der Waals surface area contributed by atoms with E-state index >= 15 is 0 Å². The quantitative estimate of drug-likeness (QED) is 0.757. The standard InChI is InChI=1S/C21H23F3N2O3S/c1-14-3-2-4-18(11-14)30(28,29)13-15-5-8-17(9-6-15)26-20(27)19-10-7-16(12-25-19)21(22,23)24/h2-4,7,10-12,15,17H,5-6,8-9,13H2,1H3,(H,26,27). The highest BCUT2D eigenvalue weighted by Crippen LogP contribution is 2.29. The molecule has 1 aliphatic carbocycles. The van der Waals surface area contributed by atoms with Crippen LogP contribution in [0.4, 0.5) is 13.2 Å². The van der Waals surface area contributed by atoms with Gasteiger partial charge in [-0.05, 0) is 68.4 Å². The first-order valence-corrected chi connectivity index (χ1v) is 11.3. The van der Waals surface area contributed by atoms with Crippen LogP contribution in [0.2, 0.25) is 0 Å². The van der Waals surface area contributed by atoms with Crippen LogP contribution in [0.1, 0.15) is 47.3 Å². The van der Waals surface area contributed by atoms with E-state index in [1.54, 1.807) is 18.2 Å². The molecule has 0 atom stereocenters. The largest absolute Gasteiger partial charge is 0.417 e. The molecule has 0 bridgehead atoms. The second-order valence-electron chi connectivity index (χ2n) is 7.72. The highest BCUT2D eigenvalue weighted by atomic mass is 32.2. The highest BCUT2D eigenvalue weighted by molar-refractivity contribution is 7.91. The molecule has 0 radical (unpaired) electrons. The Morgan fingerprint density at radius 1 is 1.13 bits per heavy atom. The summed E-state index contributed by atoms with van der Waals surface area (Å²) in [5.74, 6) is -0.454. The summed E-state index contributed by atoms with van der Waals surface area (Å²) in [5, 5.41) is 2.78. The minimum absolute atomic E-state index is 0.00728. The summed E-state index contributed by atoms with van der Waals surface area (Å²) in [4.78, 5) is 16.2. The van der Waals surface area contributed by atoms with E-state index in [2.05, 4.69) is 10.3 Å². The number of hydrogen-bond donors (Lipinski definition) is 1. The zero-order chi connectivity index (χ0) is 21.9. The molecule has 3 rings (SSSR count). The number of aromatic nitrogens is 1. The van der Waals surface area contributed by atoms with Gasteiger partial charge in [-0.25, -0.2) is 8.42 Å². The van der Waals surface area contributed by atoms with Crippen molar-refractivity contribution in [3.8, 4) is 0 Å². The lowest BCUT2D eigenvalue weighted by Crippen LogP contribution is -2.38. The molecule has 2 aromatic rings. The number of rotatable bonds is 5. The lowest BCUT2D eigenvalue weighted by molar-refractivity contribution is -0.137. The van der Waals surface area contributed by atoms with Gasteiger partial charge >= 0.3 is 6.18 Å². The molecular formula is C21H23F3N2O3S. The summed E-state index contributed by atoms with van der Waals surface area (Å²) in [6.45, 7) is 1.85. The van der Waals surface area contributed by atoms with Crippen molar-refractivity contribution >= 4 is 15.7 Å². The van der Waals surface area contributed by atoms with Crippen molar-refractivity contribution in [2.24, 2.45) is 5.92 Å². The molecule has 1 aromatic heterocycles. The first-order valence-electron chi connectivity index (χ1n) is 9.68. The molecule has 30 heavy (non-hydrogen) atoms. The Bertz CT molecular complexity index is 997. The van der Waals surface area contributed by atoms with Crippen molar-refractivity contribution in [2.75, 3.05) is 5.75 Å². The van der Waals surface area contributed by atoms with Gasteiger partial charge in [0.05, 0.1) is 16.2 Å². The summed E-state index contributed by atoms with van der Waals surface area (Å²) in [7, 11) is -3.37. The van der Waals surface area contributed by atoms with Crippen molar-refractivity contribution in [1.82, 2.24) is 10.3 Å². The Labute approximate surface area is 173 Å². The first kappa shape index (κ1) is 22.3. The van der Waals surface area contributed by atoms with Crippen molar-refractivity contribution in [3.05, 3.63) is 59.4 Å². The Hall–Kier alpha value is -2.42. The molecule has 1 fully saturated rings. The van der Waals surface area contributed by atoms with Crippen molar-refractivity contribution in [3.63, 3.8) is 0 Å². The van der Waals surface area contributed by atoms with E-state index in [9.17, 15) is 26.4 Å². The summed E-state index contributed by atoms with van der Waals surface area (Å²) in [6, 6.07) is 8.57. The molecule has 1 heterocycles. The zero-order valence-electron chi connectivity index (χ0n) is 16.4. The molecule has 0 saturated heterocycles. The number of nitrogens with one attached hydrogen (secondary N) is 1. The maximum atomic E-state index is 12.6. The second-order valence-corrected chi connectivity index (χ2v) is 9.75. The molecule has 9 heteroatoms. The predicted octanol–water partition coefficient (Wildman–Crippen LogP) is 4.17. The Morgan fingerprint density at radius 2 is 1.83 bits per heavy atom. The van der Waals surface area contributed by atoms with Gasteiger partial charge in [0.2, 0.25) is 0 Å². The lowest BCUT2D eigenvalue weighted by Gasteiger charge is -2.29. The average Bonchev–Trinajstić information content (AvgIpc) is 2.69. The fraction of sp³-hybridized carbons (Fsp3) is 0.429. The minimum Gasteiger partial charge on any atom is -0.348 e. The monoisotopic (exact) mass is 440 g/mol. The number of hydrogen-bond acceptors (Lipinski definition) is 4. The third-order valence-electron chi connectivity index (χ3n) is 5.31. The second kappa shape index (κ2) is 8.75. The Balaban J connectivity index is 1.52. The van der Waals surface area contributed by atoms with E-state index in [-0.39, 0.29) is 23.4 Å². The van der Waals surface area contributed by atoms with Crippen LogP contribution in [0.15, 0.2) is 47.5 Å². The summed E-state index contributed by atoms with van der Waals surface area (Å²) in [6.07, 6.45) is -1.34. The number of alkyl halides is 3. The number of carbonyl (C=O) groups excluding carboxylic acids is 1. The van der Waals surface area contributed by atoms with Crippen LogP contribution in [0.3, 0.4) is 0 Å². The van der Waals surface area contributed by atoms with Gasteiger partial charge in [-0.2, -0.15) is 13.2 Å². The Morgan fingerprint density at radius 3 is 2.40 bits per heavy atom. The molecule has 0 unspecified atom stereocenters. The van der Waals surface area contributed by atoms with E-state index < -0.39 is 27.5 Å². The molecular weight excluding hydrogens is 417 g/mol. The fourth-order valence-electron chi connectivity index (χ4n) is 3.64. The Kier molecular flexibility index (Phi) is 6.50. The molecule has 1 saturated carbocycles. The number of halogens is 3. The zero-order valence-corrected chi connectivity index (χ0v) is 17.3. The van der Waals surface area contributed by atoms with E-state index in [1.807, 2.05) is 13.0 Å². The lowest BCUT2D eigenvalue weighted by atomic mass is 9.87. The predicted molar refractivity (Wildman–Crippen MR) is 106 cm³/mol. The normalized spacial score (nSPS) is 20.0. The van der Waals surface area contributed by atoms with E-state index in [0.717, 1.165) is 17.7 Å². The van der Waals surface area contributed by atoms with Gasteiger partial charge < -0.3 is 5.32 Å². The van der Waals surface area contributed by atoms with Gasteiger partial charge in [-0.3, -0.25) is 9.78 Å². The molecule has 0 spiro atoms. The van der Waals surface area contributed by atoms with Crippen LogP contribution >= 0.6 is 0 Å². The number of sulfone groups is 1. The highest BCUT2D eigenvalue weighted by Gasteiger charge is 2.31. The third-order valence-corrected chi connectivity index (χ3v) is 7.19. The van der Waals surface area contributed by atoms with E-state index in [4.69, 9.17) is 0 Å². The molecule has 1 amide bonds. The SMILES string of the molecule is Cc1cccc(S(=O)(=O)CC2CCC(NC(=O)c3ccc(C(F)(F)F)cn3)CC2)c1. The summed E-state index contributed by atoms with van der Waals surface area (Å²) >= 11 is 0. The van der Waals surface area contributed by atoms with Crippen molar-refractivity contribution in [2.45, 2.75) is 49.7 Å². The summed E-state index contributed by atoms with van der Waals surface area (Å²) in [5.41, 5.74) is -0.0964.